The van der Waals surface area contributed by atoms with Crippen molar-refractivity contribution in [3.8, 4) is 11.5 Å². The van der Waals surface area contributed by atoms with E-state index in [1.54, 1.807) is 7.11 Å². The van der Waals surface area contributed by atoms with Crippen molar-refractivity contribution in [2.24, 2.45) is 0 Å². The molecule has 3 aromatic carbocycles. The molecule has 0 fully saturated rings. The molecule has 3 nitrogen and oxygen atoms in total. The zero-order chi connectivity index (χ0) is 18.4. The van der Waals surface area contributed by atoms with Gasteiger partial charge in [-0.25, -0.2) is 0 Å². The van der Waals surface area contributed by atoms with Crippen molar-refractivity contribution in [3.05, 3.63) is 88.4 Å². The lowest BCUT2D eigenvalue weighted by atomic mass is 10.1. The summed E-state index contributed by atoms with van der Waals surface area (Å²) in [5.74, 6) is 1.20. The Kier molecular flexibility index (Phi) is 6.03. The molecule has 0 atom stereocenters. The lowest BCUT2D eigenvalue weighted by molar-refractivity contribution is 0.284. The first-order valence-corrected chi connectivity index (χ1v) is 8.87. The Labute approximate surface area is 159 Å². The number of hydrogen-bond donors (Lipinski definition) is 1. The molecule has 0 spiro atoms. The number of methoxy groups -OCH3 is 1. The fraction of sp³-hybridized carbons (Fsp3) is 0.182. The van der Waals surface area contributed by atoms with E-state index in [-0.39, 0.29) is 0 Å². The number of aryl methyl sites for hydroxylation is 1. The van der Waals surface area contributed by atoms with Crippen LogP contribution >= 0.6 is 11.6 Å². The number of nitrogens with one attached hydrogen (secondary N) is 1. The summed E-state index contributed by atoms with van der Waals surface area (Å²) in [7, 11) is 1.62. The van der Waals surface area contributed by atoms with Crippen LogP contribution in [0.25, 0.3) is 0 Å². The lowest BCUT2D eigenvalue weighted by Crippen LogP contribution is -2.02. The Morgan fingerprint density at radius 1 is 0.923 bits per heavy atom. The van der Waals surface area contributed by atoms with Crippen molar-refractivity contribution in [1.82, 2.24) is 0 Å². The molecular formula is C22H22ClNO2. The second kappa shape index (κ2) is 8.63. The molecule has 3 aromatic rings. The fourth-order valence-corrected chi connectivity index (χ4v) is 2.99. The van der Waals surface area contributed by atoms with Crippen molar-refractivity contribution in [2.75, 3.05) is 12.4 Å². The zero-order valence-electron chi connectivity index (χ0n) is 15.0. The Morgan fingerprint density at radius 2 is 1.73 bits per heavy atom. The molecule has 134 valence electrons. The minimum absolute atomic E-state index is 0.442. The van der Waals surface area contributed by atoms with E-state index >= 15 is 0 Å². The first kappa shape index (κ1) is 18.2. The molecule has 0 aliphatic heterocycles. The molecule has 0 heterocycles. The van der Waals surface area contributed by atoms with Gasteiger partial charge in [0.25, 0.3) is 0 Å². The lowest BCUT2D eigenvalue weighted by Gasteiger charge is -2.15. The number of benzene rings is 3. The summed E-state index contributed by atoms with van der Waals surface area (Å²) in [6, 6.07) is 22.1. The van der Waals surface area contributed by atoms with E-state index < -0.39 is 0 Å². The molecule has 0 bridgehead atoms. The Balaban J connectivity index is 1.72. The Bertz CT molecular complexity index is 865. The molecule has 0 aliphatic rings. The van der Waals surface area contributed by atoms with Gasteiger partial charge in [-0.15, -0.1) is 0 Å². The second-order valence-electron chi connectivity index (χ2n) is 6.11. The molecule has 0 aliphatic carbocycles. The molecule has 0 unspecified atom stereocenters. The third kappa shape index (κ3) is 4.70. The maximum atomic E-state index is 6.45. The van der Waals surface area contributed by atoms with Crippen LogP contribution in [0.5, 0.6) is 11.5 Å². The number of ether oxygens (including phenoxy) is 2. The van der Waals surface area contributed by atoms with E-state index in [9.17, 15) is 0 Å². The Hall–Kier alpha value is -2.65. The van der Waals surface area contributed by atoms with Gasteiger partial charge < -0.3 is 14.8 Å². The smallest absolute Gasteiger partial charge is 0.180 e. The minimum Gasteiger partial charge on any atom is -0.493 e. The monoisotopic (exact) mass is 367 g/mol. The van der Waals surface area contributed by atoms with Gasteiger partial charge in [-0.05, 0) is 47.9 Å². The van der Waals surface area contributed by atoms with E-state index in [0.717, 1.165) is 16.8 Å². The predicted molar refractivity (Wildman–Crippen MR) is 107 cm³/mol. The molecule has 0 aromatic heterocycles. The van der Waals surface area contributed by atoms with Crippen LogP contribution in [0, 0.1) is 6.92 Å². The normalized spacial score (nSPS) is 10.4. The van der Waals surface area contributed by atoms with E-state index in [0.29, 0.717) is 29.7 Å². The predicted octanol–water partition coefficient (Wildman–Crippen LogP) is 5.85. The first-order valence-electron chi connectivity index (χ1n) is 8.49. The molecular weight excluding hydrogens is 346 g/mol. The van der Waals surface area contributed by atoms with Crippen LogP contribution in [0.3, 0.4) is 0 Å². The van der Waals surface area contributed by atoms with Crippen LogP contribution < -0.4 is 14.8 Å². The van der Waals surface area contributed by atoms with Crippen molar-refractivity contribution in [3.63, 3.8) is 0 Å². The highest BCUT2D eigenvalue weighted by molar-refractivity contribution is 6.32. The molecule has 0 radical (unpaired) electrons. The molecule has 0 saturated heterocycles. The summed E-state index contributed by atoms with van der Waals surface area (Å²) in [5.41, 5.74) is 4.40. The largest absolute Gasteiger partial charge is 0.493 e. The van der Waals surface area contributed by atoms with Crippen LogP contribution in [-0.4, -0.2) is 7.11 Å². The molecule has 0 amide bonds. The van der Waals surface area contributed by atoms with Crippen LogP contribution in [-0.2, 0) is 13.2 Å². The number of hydrogen-bond acceptors (Lipinski definition) is 3. The summed E-state index contributed by atoms with van der Waals surface area (Å²) in [6.45, 7) is 3.17. The van der Waals surface area contributed by atoms with Gasteiger partial charge >= 0.3 is 0 Å². The highest BCUT2D eigenvalue weighted by Gasteiger charge is 2.12. The minimum atomic E-state index is 0.442. The maximum Gasteiger partial charge on any atom is 0.180 e. The van der Waals surface area contributed by atoms with Crippen LogP contribution in [0.15, 0.2) is 66.7 Å². The second-order valence-corrected chi connectivity index (χ2v) is 6.51. The number of halogens is 1. The third-order valence-electron chi connectivity index (χ3n) is 4.03. The fourth-order valence-electron chi connectivity index (χ4n) is 2.70. The van der Waals surface area contributed by atoms with Gasteiger partial charge in [0.1, 0.15) is 6.61 Å². The standard InChI is InChI=1S/C22H22ClNO2/c1-16-7-6-10-19(11-16)24-14-18-12-20(23)22(21(13-18)25-2)26-15-17-8-4-3-5-9-17/h3-13,24H,14-15H2,1-2H3. The van der Waals surface area contributed by atoms with Crippen molar-refractivity contribution >= 4 is 17.3 Å². The SMILES string of the molecule is COc1cc(CNc2cccc(C)c2)cc(Cl)c1OCc1ccccc1. The Morgan fingerprint density at radius 3 is 2.46 bits per heavy atom. The van der Waals surface area contributed by atoms with Crippen molar-refractivity contribution in [2.45, 2.75) is 20.1 Å². The average Bonchev–Trinajstić information content (AvgIpc) is 2.66. The van der Waals surface area contributed by atoms with Gasteiger partial charge in [-0.3, -0.25) is 0 Å². The van der Waals surface area contributed by atoms with Crippen LogP contribution in [0.2, 0.25) is 5.02 Å². The molecule has 0 saturated carbocycles. The first-order chi connectivity index (χ1) is 12.7. The molecule has 26 heavy (non-hydrogen) atoms. The topological polar surface area (TPSA) is 30.5 Å². The quantitative estimate of drug-likeness (QED) is 0.568. The van der Waals surface area contributed by atoms with Gasteiger partial charge in [0.2, 0.25) is 0 Å². The number of anilines is 1. The van der Waals surface area contributed by atoms with E-state index in [4.69, 9.17) is 21.1 Å². The van der Waals surface area contributed by atoms with Gasteiger partial charge in [0.05, 0.1) is 12.1 Å². The molecule has 4 heteroatoms. The summed E-state index contributed by atoms with van der Waals surface area (Å²) in [6.07, 6.45) is 0. The van der Waals surface area contributed by atoms with E-state index in [1.807, 2.05) is 54.6 Å². The van der Waals surface area contributed by atoms with Crippen LogP contribution in [0.4, 0.5) is 5.69 Å². The van der Waals surface area contributed by atoms with E-state index in [1.165, 1.54) is 5.56 Å². The van der Waals surface area contributed by atoms with Gasteiger partial charge in [-0.1, -0.05) is 54.1 Å². The highest BCUT2D eigenvalue weighted by atomic mass is 35.5. The van der Waals surface area contributed by atoms with Gasteiger partial charge in [0.15, 0.2) is 11.5 Å². The maximum absolute atomic E-state index is 6.45. The molecule has 1 N–H and O–H groups in total. The molecule has 3 rings (SSSR count). The van der Waals surface area contributed by atoms with Crippen molar-refractivity contribution in [1.29, 1.82) is 0 Å². The average molecular weight is 368 g/mol. The van der Waals surface area contributed by atoms with Gasteiger partial charge in [0, 0.05) is 12.2 Å². The third-order valence-corrected chi connectivity index (χ3v) is 4.31. The van der Waals surface area contributed by atoms with Crippen molar-refractivity contribution < 1.29 is 9.47 Å². The zero-order valence-corrected chi connectivity index (χ0v) is 15.7. The highest BCUT2D eigenvalue weighted by Crippen LogP contribution is 2.37. The van der Waals surface area contributed by atoms with E-state index in [2.05, 4.69) is 24.4 Å². The summed E-state index contributed by atoms with van der Waals surface area (Å²) >= 11 is 6.45. The summed E-state index contributed by atoms with van der Waals surface area (Å²) in [5, 5.41) is 3.95. The van der Waals surface area contributed by atoms with Crippen LogP contribution in [0.1, 0.15) is 16.7 Å². The number of rotatable bonds is 7. The summed E-state index contributed by atoms with van der Waals surface area (Å²) < 4.78 is 11.4. The van der Waals surface area contributed by atoms with Gasteiger partial charge in [-0.2, -0.15) is 0 Å². The summed E-state index contributed by atoms with van der Waals surface area (Å²) in [4.78, 5) is 0.